The van der Waals surface area contributed by atoms with E-state index in [1.807, 2.05) is 0 Å². The van der Waals surface area contributed by atoms with Gasteiger partial charge in [0.1, 0.15) is 0 Å². The molecule has 0 aromatic carbocycles. The fraction of sp³-hybridized carbons (Fsp3) is 0.875. The summed E-state index contributed by atoms with van der Waals surface area (Å²) >= 11 is 0. The molecule has 0 aromatic heterocycles. The molecule has 0 fully saturated rings. The Kier molecular flexibility index (Phi) is 9.94. The van der Waals surface area contributed by atoms with Crippen molar-refractivity contribution in [2.45, 2.75) is 32.6 Å². The van der Waals surface area contributed by atoms with E-state index in [4.69, 9.17) is 0 Å². The molecule has 0 amide bonds. The second-order valence-electron chi connectivity index (χ2n) is 2.46. The van der Waals surface area contributed by atoms with Gasteiger partial charge in [0.2, 0.25) is 0 Å². The minimum atomic E-state index is 0.0422. The summed E-state index contributed by atoms with van der Waals surface area (Å²) < 4.78 is 9.91. The predicted molar refractivity (Wildman–Crippen MR) is 48.5 cm³/mol. The normalized spacial score (nSPS) is 9.18. The second-order valence-corrected chi connectivity index (χ2v) is 2.96. The maximum absolute atomic E-state index is 9.91. The van der Waals surface area contributed by atoms with Gasteiger partial charge in [0.15, 0.2) is 0 Å². The molecule has 0 saturated carbocycles. The van der Waals surface area contributed by atoms with Crippen LogP contribution in [0.3, 0.4) is 0 Å². The van der Waals surface area contributed by atoms with Crippen LogP contribution < -0.4 is 5.32 Å². The molecular formula is C8H16NOP. The summed E-state index contributed by atoms with van der Waals surface area (Å²) in [5, 5.41) is 3.30. The first-order valence-electron chi connectivity index (χ1n) is 4.17. The van der Waals surface area contributed by atoms with Crippen LogP contribution in [-0.2, 0) is 4.57 Å². The average Bonchev–Trinajstić information content (AvgIpc) is 2.03. The van der Waals surface area contributed by atoms with Crippen LogP contribution in [0.25, 0.3) is 0 Å². The van der Waals surface area contributed by atoms with Gasteiger partial charge in [-0.3, -0.25) is 0 Å². The molecule has 0 heterocycles. The molecule has 0 aromatic rings. The Hall–Kier alpha value is -0.0300. The van der Waals surface area contributed by atoms with Crippen molar-refractivity contribution in [2.24, 2.45) is 0 Å². The Morgan fingerprint density at radius 1 is 1.36 bits per heavy atom. The zero-order valence-corrected chi connectivity index (χ0v) is 7.99. The molecule has 0 aliphatic rings. The molecule has 0 aliphatic heterocycles. The first kappa shape index (κ1) is 11.0. The average molecular weight is 173 g/mol. The Bertz CT molecular complexity index is 162. The monoisotopic (exact) mass is 173 g/mol. The molecule has 2 nitrogen and oxygen atoms in total. The molecule has 0 aliphatic carbocycles. The Morgan fingerprint density at radius 3 is 2.73 bits per heavy atom. The number of rotatable bonds is 6. The van der Waals surface area contributed by atoms with Crippen molar-refractivity contribution in [1.29, 1.82) is 0 Å². The summed E-state index contributed by atoms with van der Waals surface area (Å²) in [5.41, 5.74) is 2.72. The van der Waals surface area contributed by atoms with E-state index in [1.165, 1.54) is 12.8 Å². The summed E-state index contributed by atoms with van der Waals surface area (Å²) in [6.45, 7) is 4.30. The molecule has 1 N–H and O–H groups in total. The molecule has 11 heavy (non-hydrogen) atoms. The van der Waals surface area contributed by atoms with E-state index in [-0.39, 0.29) is 7.92 Å². The molecule has 0 saturated heterocycles. The van der Waals surface area contributed by atoms with Crippen molar-refractivity contribution in [3.05, 3.63) is 0 Å². The summed E-state index contributed by atoms with van der Waals surface area (Å²) in [5.74, 6) is 0. The van der Waals surface area contributed by atoms with Gasteiger partial charge in [0.05, 0.1) is 0 Å². The fourth-order valence-corrected chi connectivity index (χ4v) is 1.01. The molecule has 0 unspecified atom stereocenters. The molecule has 0 bridgehead atoms. The van der Waals surface area contributed by atoms with Crippen LogP contribution in [0.1, 0.15) is 32.6 Å². The van der Waals surface area contributed by atoms with Gasteiger partial charge in [-0.15, -0.1) is 0 Å². The molecule has 64 valence electrons. The Morgan fingerprint density at radius 2 is 2.09 bits per heavy atom. The number of nitrogens with one attached hydrogen (secondary N) is 1. The first-order valence-corrected chi connectivity index (χ1v) is 4.99. The van der Waals surface area contributed by atoms with Gasteiger partial charge in [0, 0.05) is 0 Å². The van der Waals surface area contributed by atoms with E-state index in [9.17, 15) is 4.57 Å². The summed E-state index contributed by atoms with van der Waals surface area (Å²) in [6.07, 6.45) is 4.35. The van der Waals surface area contributed by atoms with E-state index in [0.717, 1.165) is 25.9 Å². The molecule has 0 radical (unpaired) electrons. The van der Waals surface area contributed by atoms with Crippen LogP contribution in [0.5, 0.6) is 0 Å². The Labute approximate surface area is 69.9 Å². The van der Waals surface area contributed by atoms with Crippen molar-refractivity contribution >= 4 is 7.92 Å². The van der Waals surface area contributed by atoms with Gasteiger partial charge >= 0.3 is 69.1 Å². The fourth-order valence-electron chi connectivity index (χ4n) is 0.765. The molecule has 0 atom stereocenters. The van der Waals surface area contributed by atoms with E-state index in [0.29, 0.717) is 0 Å². The van der Waals surface area contributed by atoms with Gasteiger partial charge in [0.25, 0.3) is 0 Å². The SMILES string of the molecule is CCCCNCCCC#P=O. The van der Waals surface area contributed by atoms with Gasteiger partial charge in [-0.2, -0.15) is 0 Å². The van der Waals surface area contributed by atoms with Gasteiger partial charge in [-0.05, 0) is 0 Å². The van der Waals surface area contributed by atoms with E-state index >= 15 is 0 Å². The predicted octanol–water partition coefficient (Wildman–Crippen LogP) is 2.41. The number of hydrogen-bond donors (Lipinski definition) is 1. The molecular weight excluding hydrogens is 157 g/mol. The van der Waals surface area contributed by atoms with Crippen LogP contribution in [0.2, 0.25) is 0 Å². The topological polar surface area (TPSA) is 29.1 Å². The zero-order valence-electron chi connectivity index (χ0n) is 7.10. The van der Waals surface area contributed by atoms with Crippen molar-refractivity contribution < 1.29 is 4.57 Å². The van der Waals surface area contributed by atoms with E-state index in [2.05, 4.69) is 17.9 Å². The van der Waals surface area contributed by atoms with Gasteiger partial charge in [-0.25, -0.2) is 0 Å². The molecule has 0 spiro atoms. The van der Waals surface area contributed by atoms with Gasteiger partial charge < -0.3 is 0 Å². The third-order valence-electron chi connectivity index (χ3n) is 1.41. The van der Waals surface area contributed by atoms with Crippen LogP contribution in [0.15, 0.2) is 0 Å². The van der Waals surface area contributed by atoms with Crippen LogP contribution in [0, 0.1) is 5.63 Å². The second kappa shape index (κ2) is 9.97. The first-order chi connectivity index (χ1) is 5.41. The Balaban J connectivity index is 2.88. The summed E-state index contributed by atoms with van der Waals surface area (Å²) in [7, 11) is 0.0422. The van der Waals surface area contributed by atoms with Crippen LogP contribution >= 0.6 is 7.92 Å². The minimum absolute atomic E-state index is 0.0422. The third kappa shape index (κ3) is 9.97. The molecule has 3 heteroatoms. The quantitative estimate of drug-likeness (QED) is 0.493. The standard InChI is InChI=1S/C8H16NOP/c1-2-3-6-9-7-4-5-8-11-10/h9H,2-7H2,1H3. The molecule has 0 rings (SSSR count). The van der Waals surface area contributed by atoms with E-state index < -0.39 is 0 Å². The third-order valence-corrected chi connectivity index (χ3v) is 1.77. The van der Waals surface area contributed by atoms with E-state index in [1.54, 1.807) is 0 Å². The zero-order chi connectivity index (χ0) is 8.36. The van der Waals surface area contributed by atoms with Crippen LogP contribution in [-0.4, -0.2) is 13.1 Å². The van der Waals surface area contributed by atoms with Crippen molar-refractivity contribution in [3.63, 3.8) is 0 Å². The number of unbranched alkanes of at least 4 members (excludes halogenated alkanes) is 2. The van der Waals surface area contributed by atoms with Crippen molar-refractivity contribution in [2.75, 3.05) is 13.1 Å². The summed E-state index contributed by atoms with van der Waals surface area (Å²) in [6, 6.07) is 0. The maximum atomic E-state index is 9.91. The number of hydrogen-bond acceptors (Lipinski definition) is 2. The van der Waals surface area contributed by atoms with Gasteiger partial charge in [-0.1, -0.05) is 0 Å². The van der Waals surface area contributed by atoms with Crippen LogP contribution in [0.4, 0.5) is 0 Å². The van der Waals surface area contributed by atoms with Crippen molar-refractivity contribution in [3.8, 4) is 5.63 Å². The van der Waals surface area contributed by atoms with Crippen molar-refractivity contribution in [1.82, 2.24) is 5.32 Å². The summed E-state index contributed by atoms with van der Waals surface area (Å²) in [4.78, 5) is 0.